The topological polar surface area (TPSA) is 0 Å². The molecule has 0 aromatic heterocycles. The van der Waals surface area contributed by atoms with Crippen LogP contribution in [0.2, 0.25) is 0 Å². The van der Waals surface area contributed by atoms with Gasteiger partial charge in [0.1, 0.15) is 11.8 Å². The van der Waals surface area contributed by atoms with Crippen molar-refractivity contribution in [2.75, 3.05) is 0 Å². The van der Waals surface area contributed by atoms with Crippen molar-refractivity contribution in [3.05, 3.63) is 0 Å². The fourth-order valence-electron chi connectivity index (χ4n) is 0.432. The summed E-state index contributed by atoms with van der Waals surface area (Å²) >= 11 is 0. The van der Waals surface area contributed by atoms with E-state index in [1.54, 1.807) is 13.8 Å². The first-order valence-corrected chi connectivity index (χ1v) is 4.40. The monoisotopic (exact) mass is 154 g/mol. The summed E-state index contributed by atoms with van der Waals surface area (Å²) in [6.07, 6.45) is 0.887. The second kappa shape index (κ2) is 5.10. The van der Waals surface area contributed by atoms with Crippen LogP contribution >= 0.6 is 8.58 Å². The van der Waals surface area contributed by atoms with Gasteiger partial charge in [-0.25, -0.2) is 8.78 Å². The number of hydrogen-bond donors (Lipinski definition) is 0. The van der Waals surface area contributed by atoms with Gasteiger partial charge < -0.3 is 0 Å². The molecular weight excluding hydrogens is 141 g/mol. The van der Waals surface area contributed by atoms with Crippen molar-refractivity contribution in [2.24, 2.45) is 0 Å². The third-order valence-electron chi connectivity index (χ3n) is 1.08. The molecule has 0 aliphatic rings. The lowest BCUT2D eigenvalue weighted by atomic mass is 10.5. The van der Waals surface area contributed by atoms with Crippen LogP contribution in [-0.4, -0.2) is 11.8 Å². The van der Waals surface area contributed by atoms with Gasteiger partial charge >= 0.3 is 0 Å². The maximum Gasteiger partial charge on any atom is 0.119 e. The molecule has 0 radical (unpaired) electrons. The molecule has 0 bridgehead atoms. The fraction of sp³-hybridized carbons (Fsp3) is 1.00. The van der Waals surface area contributed by atoms with Crippen LogP contribution in [0.4, 0.5) is 8.78 Å². The number of rotatable bonds is 4. The molecule has 0 fully saturated rings. The van der Waals surface area contributed by atoms with Crippen LogP contribution in [0.15, 0.2) is 0 Å². The second-order valence-corrected chi connectivity index (χ2v) is 3.50. The average molecular weight is 154 g/mol. The van der Waals surface area contributed by atoms with Gasteiger partial charge in [-0.1, -0.05) is 13.8 Å². The van der Waals surface area contributed by atoms with Crippen LogP contribution in [0.25, 0.3) is 0 Å². The van der Waals surface area contributed by atoms with Crippen molar-refractivity contribution in [1.82, 2.24) is 0 Å². The molecule has 0 aliphatic carbocycles. The predicted molar refractivity (Wildman–Crippen MR) is 38.7 cm³/mol. The molecule has 0 spiro atoms. The highest BCUT2D eigenvalue weighted by molar-refractivity contribution is 7.39. The quantitative estimate of drug-likeness (QED) is 0.546. The Morgan fingerprint density at radius 3 is 1.67 bits per heavy atom. The molecule has 0 heterocycles. The molecule has 0 amide bonds. The minimum Gasteiger partial charge on any atom is -0.243 e. The largest absolute Gasteiger partial charge is 0.243 e. The fourth-order valence-corrected chi connectivity index (χ4v) is 1.30. The van der Waals surface area contributed by atoms with Crippen molar-refractivity contribution in [2.45, 2.75) is 38.5 Å². The van der Waals surface area contributed by atoms with E-state index in [4.69, 9.17) is 0 Å². The zero-order valence-corrected chi connectivity index (χ0v) is 6.82. The zero-order chi connectivity index (χ0) is 7.28. The van der Waals surface area contributed by atoms with E-state index in [-0.39, 0.29) is 8.58 Å². The molecule has 0 rings (SSSR count). The molecule has 0 aliphatic heterocycles. The summed E-state index contributed by atoms with van der Waals surface area (Å²) in [6, 6.07) is 0. The average Bonchev–Trinajstić information content (AvgIpc) is 1.87. The van der Waals surface area contributed by atoms with Gasteiger partial charge in [0.25, 0.3) is 0 Å². The summed E-state index contributed by atoms with van der Waals surface area (Å²) in [5, 5.41) is 0. The Hall–Kier alpha value is 0.290. The summed E-state index contributed by atoms with van der Waals surface area (Å²) < 4.78 is 24.7. The zero-order valence-electron chi connectivity index (χ0n) is 5.82. The van der Waals surface area contributed by atoms with Gasteiger partial charge in [-0.15, -0.1) is 0 Å². The summed E-state index contributed by atoms with van der Waals surface area (Å²) in [6.45, 7) is 3.47. The minimum absolute atomic E-state index is 0.154. The maximum absolute atomic E-state index is 12.3. The summed E-state index contributed by atoms with van der Waals surface area (Å²) in [4.78, 5) is 0. The van der Waals surface area contributed by atoms with Crippen molar-refractivity contribution in [3.8, 4) is 0 Å². The molecule has 0 N–H and O–H groups in total. The van der Waals surface area contributed by atoms with E-state index in [2.05, 4.69) is 0 Å². The lowest BCUT2D eigenvalue weighted by molar-refractivity contribution is 0.400. The van der Waals surface area contributed by atoms with Crippen LogP contribution in [-0.2, 0) is 0 Å². The highest BCUT2D eigenvalue weighted by Crippen LogP contribution is 2.31. The summed E-state index contributed by atoms with van der Waals surface area (Å²) in [7, 11) is -0.154. The first kappa shape index (κ1) is 9.29. The van der Waals surface area contributed by atoms with E-state index in [0.717, 1.165) is 0 Å². The van der Waals surface area contributed by atoms with E-state index in [0.29, 0.717) is 12.8 Å². The van der Waals surface area contributed by atoms with E-state index in [1.807, 2.05) is 0 Å². The Morgan fingerprint density at radius 1 is 1.11 bits per heavy atom. The second-order valence-electron chi connectivity index (χ2n) is 1.92. The van der Waals surface area contributed by atoms with Crippen molar-refractivity contribution >= 4 is 8.58 Å². The van der Waals surface area contributed by atoms with Gasteiger partial charge in [-0.3, -0.25) is 0 Å². The summed E-state index contributed by atoms with van der Waals surface area (Å²) in [5.41, 5.74) is 0. The smallest absolute Gasteiger partial charge is 0.119 e. The Kier molecular flexibility index (Phi) is 5.27. The minimum atomic E-state index is -0.917. The summed E-state index contributed by atoms with van der Waals surface area (Å²) in [5.74, 6) is -1.83. The molecule has 3 heteroatoms. The third kappa shape index (κ3) is 4.77. The van der Waals surface area contributed by atoms with Crippen LogP contribution in [0.3, 0.4) is 0 Å². The number of hydrogen-bond acceptors (Lipinski definition) is 0. The molecule has 2 unspecified atom stereocenters. The Labute approximate surface area is 56.8 Å². The molecule has 9 heavy (non-hydrogen) atoms. The van der Waals surface area contributed by atoms with E-state index < -0.39 is 11.8 Å². The van der Waals surface area contributed by atoms with Crippen LogP contribution in [0, 0.1) is 0 Å². The lowest BCUT2D eigenvalue weighted by Crippen LogP contribution is -1.95. The van der Waals surface area contributed by atoms with Crippen molar-refractivity contribution in [1.29, 1.82) is 0 Å². The van der Waals surface area contributed by atoms with Gasteiger partial charge in [-0.05, 0) is 21.4 Å². The molecule has 0 nitrogen and oxygen atoms in total. The first-order valence-electron chi connectivity index (χ1n) is 3.24. The highest BCUT2D eigenvalue weighted by atomic mass is 31.1. The molecule has 0 saturated heterocycles. The van der Waals surface area contributed by atoms with Gasteiger partial charge in [0.2, 0.25) is 0 Å². The Bertz CT molecular complexity index is 60.1. The van der Waals surface area contributed by atoms with Gasteiger partial charge in [-0.2, -0.15) is 0 Å². The van der Waals surface area contributed by atoms with E-state index in [1.165, 1.54) is 0 Å². The van der Waals surface area contributed by atoms with Crippen LogP contribution < -0.4 is 0 Å². The van der Waals surface area contributed by atoms with Crippen molar-refractivity contribution < 1.29 is 8.78 Å². The Morgan fingerprint density at radius 2 is 1.44 bits per heavy atom. The standard InChI is InChI=1S/C6H13F2P/c1-3-5(7)9-6(8)4-2/h5-6,9H,3-4H2,1-2H3. The van der Waals surface area contributed by atoms with Crippen molar-refractivity contribution in [3.63, 3.8) is 0 Å². The lowest BCUT2D eigenvalue weighted by Gasteiger charge is -2.07. The molecule has 0 saturated carbocycles. The molecule has 0 aromatic rings. The van der Waals surface area contributed by atoms with Crippen LogP contribution in [0.1, 0.15) is 26.7 Å². The maximum atomic E-state index is 12.3. The molecular formula is C6H13F2P. The first-order chi connectivity index (χ1) is 4.20. The molecule has 2 atom stereocenters. The number of alkyl halides is 2. The van der Waals surface area contributed by atoms with E-state index >= 15 is 0 Å². The molecule has 56 valence electrons. The predicted octanol–water partition coefficient (Wildman–Crippen LogP) is 3.08. The van der Waals surface area contributed by atoms with Gasteiger partial charge in [0, 0.05) is 0 Å². The molecule has 0 aromatic carbocycles. The Balaban J connectivity index is 3.22. The van der Waals surface area contributed by atoms with E-state index in [9.17, 15) is 8.78 Å². The normalized spacial score (nSPS) is 18.7. The third-order valence-corrected chi connectivity index (χ3v) is 2.62. The highest BCUT2D eigenvalue weighted by Gasteiger charge is 2.09. The van der Waals surface area contributed by atoms with Crippen LogP contribution in [0.5, 0.6) is 0 Å². The SMILES string of the molecule is CCC(F)PC(F)CC. The van der Waals surface area contributed by atoms with Gasteiger partial charge in [0.15, 0.2) is 0 Å². The van der Waals surface area contributed by atoms with Gasteiger partial charge in [0.05, 0.1) is 0 Å². The number of halogens is 2.